The van der Waals surface area contributed by atoms with Gasteiger partial charge in [-0.05, 0) is 43.5 Å². The minimum atomic E-state index is -1.02. The smallest absolute Gasteiger partial charge is 0.328 e. The van der Waals surface area contributed by atoms with E-state index in [9.17, 15) is 9.90 Å². The molecule has 104 valence electrons. The van der Waals surface area contributed by atoms with Gasteiger partial charge in [-0.15, -0.1) is 0 Å². The summed E-state index contributed by atoms with van der Waals surface area (Å²) in [5, 5.41) is 12.7. The number of ether oxygens (including phenoxy) is 2. The Morgan fingerprint density at radius 3 is 2.53 bits per heavy atom. The van der Waals surface area contributed by atoms with Crippen molar-refractivity contribution in [1.82, 2.24) is 5.32 Å². The number of rotatable bonds is 4. The monoisotopic (exact) mass is 265 g/mol. The van der Waals surface area contributed by atoms with Crippen LogP contribution in [0.15, 0.2) is 18.2 Å². The second-order valence-electron chi connectivity index (χ2n) is 4.66. The fraction of sp³-hybridized carbons (Fsp3) is 0.500. The van der Waals surface area contributed by atoms with Crippen molar-refractivity contribution in [3.05, 3.63) is 23.8 Å². The van der Waals surface area contributed by atoms with Gasteiger partial charge in [-0.2, -0.15) is 0 Å². The summed E-state index contributed by atoms with van der Waals surface area (Å²) in [6.07, 6.45) is 2.48. The third-order valence-electron chi connectivity index (χ3n) is 3.65. The number of aliphatic carboxylic acids is 1. The van der Waals surface area contributed by atoms with Crippen LogP contribution < -0.4 is 14.8 Å². The highest BCUT2D eigenvalue weighted by Gasteiger charge is 2.41. The van der Waals surface area contributed by atoms with E-state index >= 15 is 0 Å². The molecule has 1 aromatic carbocycles. The van der Waals surface area contributed by atoms with Crippen LogP contribution in [0.5, 0.6) is 11.5 Å². The molecular weight excluding hydrogens is 246 g/mol. The fourth-order valence-electron chi connectivity index (χ4n) is 2.56. The van der Waals surface area contributed by atoms with Crippen LogP contribution >= 0.6 is 0 Å². The molecule has 1 fully saturated rings. The highest BCUT2D eigenvalue weighted by molar-refractivity contribution is 5.81. The summed E-state index contributed by atoms with van der Waals surface area (Å²) >= 11 is 0. The Morgan fingerprint density at radius 2 is 2.00 bits per heavy atom. The molecule has 1 unspecified atom stereocenters. The topological polar surface area (TPSA) is 67.8 Å². The normalized spacial score (nSPS) is 22.8. The van der Waals surface area contributed by atoms with E-state index in [1.54, 1.807) is 32.4 Å². The SMILES string of the molecule is COc1ccc(C2(C(=O)O)CCCCN2)cc1OC. The summed E-state index contributed by atoms with van der Waals surface area (Å²) in [5.41, 5.74) is -0.310. The number of carboxylic acid groups (broad SMARTS) is 1. The second-order valence-corrected chi connectivity index (χ2v) is 4.66. The lowest BCUT2D eigenvalue weighted by Crippen LogP contribution is -2.51. The molecular formula is C14H19NO4. The molecule has 1 saturated heterocycles. The summed E-state index contributed by atoms with van der Waals surface area (Å²) in [5.74, 6) is 0.301. The zero-order valence-corrected chi connectivity index (χ0v) is 11.2. The van der Waals surface area contributed by atoms with Crippen LogP contribution in [-0.4, -0.2) is 31.8 Å². The number of methoxy groups -OCH3 is 2. The lowest BCUT2D eigenvalue weighted by Gasteiger charge is -2.35. The van der Waals surface area contributed by atoms with E-state index in [0.29, 0.717) is 30.0 Å². The van der Waals surface area contributed by atoms with Gasteiger partial charge in [-0.25, -0.2) is 4.79 Å². The average molecular weight is 265 g/mol. The van der Waals surface area contributed by atoms with Gasteiger partial charge in [0.15, 0.2) is 11.5 Å². The Balaban J connectivity index is 2.45. The number of hydrogen-bond donors (Lipinski definition) is 2. The van der Waals surface area contributed by atoms with Crippen molar-refractivity contribution >= 4 is 5.97 Å². The average Bonchev–Trinajstić information content (AvgIpc) is 2.47. The molecule has 0 amide bonds. The van der Waals surface area contributed by atoms with E-state index in [-0.39, 0.29) is 0 Å². The lowest BCUT2D eigenvalue weighted by atomic mass is 9.82. The molecule has 0 aliphatic carbocycles. The van der Waals surface area contributed by atoms with E-state index in [0.717, 1.165) is 12.8 Å². The number of benzene rings is 1. The molecule has 5 heteroatoms. The van der Waals surface area contributed by atoms with Crippen LogP contribution in [0.1, 0.15) is 24.8 Å². The van der Waals surface area contributed by atoms with Crippen LogP contribution in [0.25, 0.3) is 0 Å². The Kier molecular flexibility index (Phi) is 3.95. The van der Waals surface area contributed by atoms with Crippen molar-refractivity contribution < 1.29 is 19.4 Å². The minimum absolute atomic E-state index is 0.549. The van der Waals surface area contributed by atoms with E-state index in [2.05, 4.69) is 5.32 Å². The first-order valence-electron chi connectivity index (χ1n) is 6.35. The molecule has 0 spiro atoms. The van der Waals surface area contributed by atoms with E-state index in [1.807, 2.05) is 0 Å². The molecule has 0 bridgehead atoms. The Bertz CT molecular complexity index is 467. The predicted molar refractivity (Wildman–Crippen MR) is 70.7 cm³/mol. The third-order valence-corrected chi connectivity index (χ3v) is 3.65. The van der Waals surface area contributed by atoms with Gasteiger partial charge in [0, 0.05) is 0 Å². The third kappa shape index (κ3) is 2.38. The maximum absolute atomic E-state index is 11.7. The van der Waals surface area contributed by atoms with Gasteiger partial charge in [0.1, 0.15) is 5.54 Å². The van der Waals surface area contributed by atoms with E-state index < -0.39 is 11.5 Å². The van der Waals surface area contributed by atoms with Gasteiger partial charge in [0.25, 0.3) is 0 Å². The molecule has 1 aromatic rings. The maximum atomic E-state index is 11.7. The van der Waals surface area contributed by atoms with Crippen LogP contribution in [0.3, 0.4) is 0 Å². The van der Waals surface area contributed by atoms with Gasteiger partial charge in [-0.1, -0.05) is 6.07 Å². The zero-order valence-electron chi connectivity index (χ0n) is 11.2. The molecule has 2 N–H and O–H groups in total. The molecule has 2 rings (SSSR count). The quantitative estimate of drug-likeness (QED) is 0.868. The van der Waals surface area contributed by atoms with Gasteiger partial charge < -0.3 is 14.6 Å². The number of piperidine rings is 1. The molecule has 0 saturated carbocycles. The van der Waals surface area contributed by atoms with Gasteiger partial charge >= 0.3 is 5.97 Å². The number of carbonyl (C=O) groups is 1. The van der Waals surface area contributed by atoms with Gasteiger partial charge in [-0.3, -0.25) is 5.32 Å². The standard InChI is InChI=1S/C14H19NO4/c1-18-11-6-5-10(9-12(11)19-2)14(13(16)17)7-3-4-8-15-14/h5-6,9,15H,3-4,7-8H2,1-2H3,(H,16,17). The van der Waals surface area contributed by atoms with E-state index in [4.69, 9.17) is 9.47 Å². The lowest BCUT2D eigenvalue weighted by molar-refractivity contribution is -0.146. The van der Waals surface area contributed by atoms with Crippen LogP contribution in [0.2, 0.25) is 0 Å². The number of nitrogens with one attached hydrogen (secondary N) is 1. The first-order chi connectivity index (χ1) is 9.14. The molecule has 0 aromatic heterocycles. The minimum Gasteiger partial charge on any atom is -0.493 e. The van der Waals surface area contributed by atoms with Crippen LogP contribution in [0.4, 0.5) is 0 Å². The molecule has 1 aliphatic rings. The summed E-state index contributed by atoms with van der Waals surface area (Å²) in [4.78, 5) is 11.7. The van der Waals surface area contributed by atoms with Crippen molar-refractivity contribution in [3.8, 4) is 11.5 Å². The summed E-state index contributed by atoms with van der Waals surface area (Å²) in [6.45, 7) is 0.709. The maximum Gasteiger partial charge on any atom is 0.328 e. The van der Waals surface area contributed by atoms with Crippen molar-refractivity contribution in [1.29, 1.82) is 0 Å². The summed E-state index contributed by atoms with van der Waals surface area (Å²) in [7, 11) is 3.10. The molecule has 0 radical (unpaired) electrons. The predicted octanol–water partition coefficient (Wildman–Crippen LogP) is 1.76. The van der Waals surface area contributed by atoms with Crippen LogP contribution in [0, 0.1) is 0 Å². The molecule has 5 nitrogen and oxygen atoms in total. The Morgan fingerprint density at radius 1 is 1.26 bits per heavy atom. The molecule has 1 heterocycles. The first kappa shape index (κ1) is 13.7. The van der Waals surface area contributed by atoms with Crippen LogP contribution in [-0.2, 0) is 10.3 Å². The Hall–Kier alpha value is -1.75. The Labute approximate surface area is 112 Å². The highest BCUT2D eigenvalue weighted by Crippen LogP contribution is 2.36. The van der Waals surface area contributed by atoms with Crippen molar-refractivity contribution in [3.63, 3.8) is 0 Å². The largest absolute Gasteiger partial charge is 0.493 e. The number of carboxylic acids is 1. The van der Waals surface area contributed by atoms with Crippen molar-refractivity contribution in [2.45, 2.75) is 24.8 Å². The molecule has 1 atom stereocenters. The van der Waals surface area contributed by atoms with E-state index in [1.165, 1.54) is 0 Å². The van der Waals surface area contributed by atoms with Crippen molar-refractivity contribution in [2.24, 2.45) is 0 Å². The highest BCUT2D eigenvalue weighted by atomic mass is 16.5. The van der Waals surface area contributed by atoms with Gasteiger partial charge in [0.05, 0.1) is 14.2 Å². The van der Waals surface area contributed by atoms with Gasteiger partial charge in [0.2, 0.25) is 0 Å². The summed E-state index contributed by atoms with van der Waals surface area (Å²) < 4.78 is 10.4. The first-order valence-corrected chi connectivity index (χ1v) is 6.35. The molecule has 1 aliphatic heterocycles. The van der Waals surface area contributed by atoms with Crippen molar-refractivity contribution in [2.75, 3.05) is 20.8 Å². The zero-order chi connectivity index (χ0) is 13.9. The molecule has 19 heavy (non-hydrogen) atoms. The second kappa shape index (κ2) is 5.48. The fourth-order valence-corrected chi connectivity index (χ4v) is 2.56. The number of hydrogen-bond acceptors (Lipinski definition) is 4. The summed E-state index contributed by atoms with van der Waals surface area (Å²) in [6, 6.07) is 5.27.